The predicted octanol–water partition coefficient (Wildman–Crippen LogP) is 0.857. The van der Waals surface area contributed by atoms with Gasteiger partial charge >= 0.3 is 0 Å². The van der Waals surface area contributed by atoms with Gasteiger partial charge in [-0.2, -0.15) is 4.98 Å². The Hall–Kier alpha value is -1.04. The van der Waals surface area contributed by atoms with Gasteiger partial charge in [0.25, 0.3) is 6.01 Å². The average Bonchev–Trinajstić information content (AvgIpc) is 2.45. The van der Waals surface area contributed by atoms with Crippen LogP contribution in [0.4, 0.5) is 6.01 Å². The number of anilines is 1. The molecule has 2 rings (SSSR count). The Bertz CT molecular complexity index is 450. The van der Waals surface area contributed by atoms with E-state index < -0.39 is 9.84 Å². The summed E-state index contributed by atoms with van der Waals surface area (Å²) in [5, 5.41) is 0. The quantitative estimate of drug-likeness (QED) is 0.773. The van der Waals surface area contributed by atoms with Crippen LogP contribution in [-0.4, -0.2) is 24.9 Å². The second kappa shape index (κ2) is 3.52. The predicted molar refractivity (Wildman–Crippen MR) is 56.3 cm³/mol. The first-order valence-corrected chi connectivity index (χ1v) is 6.73. The van der Waals surface area contributed by atoms with Crippen molar-refractivity contribution < 1.29 is 12.8 Å². The number of oxazole rings is 1. The Morgan fingerprint density at radius 3 is 2.47 bits per heavy atom. The third-order valence-electron chi connectivity index (χ3n) is 2.79. The molecule has 15 heavy (non-hydrogen) atoms. The van der Waals surface area contributed by atoms with Crippen molar-refractivity contribution in [2.24, 2.45) is 0 Å². The standard InChI is InChI=1S/C9H14N2O3S/c1-6-8(11-9(10)14-6)7-2-4-15(12,13)5-3-7/h7H,2-5H2,1H3,(H2,10,11). The maximum Gasteiger partial charge on any atom is 0.292 e. The van der Waals surface area contributed by atoms with Gasteiger partial charge in [-0.25, -0.2) is 8.42 Å². The molecule has 2 N–H and O–H groups in total. The summed E-state index contributed by atoms with van der Waals surface area (Å²) in [6.45, 7) is 1.81. The van der Waals surface area contributed by atoms with Crippen molar-refractivity contribution >= 4 is 15.9 Å². The number of rotatable bonds is 1. The molecule has 5 nitrogen and oxygen atoms in total. The summed E-state index contributed by atoms with van der Waals surface area (Å²) < 4.78 is 27.6. The lowest BCUT2D eigenvalue weighted by Crippen LogP contribution is -2.22. The van der Waals surface area contributed by atoms with E-state index >= 15 is 0 Å². The number of nitrogens with zero attached hydrogens (tertiary/aromatic N) is 1. The van der Waals surface area contributed by atoms with Crippen molar-refractivity contribution in [3.05, 3.63) is 11.5 Å². The van der Waals surface area contributed by atoms with E-state index in [1.54, 1.807) is 0 Å². The van der Waals surface area contributed by atoms with Crippen LogP contribution in [0.1, 0.15) is 30.2 Å². The molecule has 1 aromatic rings. The van der Waals surface area contributed by atoms with Gasteiger partial charge in [0.1, 0.15) is 15.6 Å². The molecule has 0 aliphatic carbocycles. The van der Waals surface area contributed by atoms with Crippen LogP contribution in [0, 0.1) is 6.92 Å². The Morgan fingerprint density at radius 2 is 2.00 bits per heavy atom. The van der Waals surface area contributed by atoms with E-state index in [9.17, 15) is 8.42 Å². The summed E-state index contributed by atoms with van der Waals surface area (Å²) in [6.07, 6.45) is 1.24. The van der Waals surface area contributed by atoms with Gasteiger partial charge in [-0.1, -0.05) is 0 Å². The fourth-order valence-corrected chi connectivity index (χ4v) is 3.46. The third-order valence-corrected chi connectivity index (χ3v) is 4.51. The van der Waals surface area contributed by atoms with Gasteiger partial charge in [-0.05, 0) is 19.8 Å². The minimum atomic E-state index is -2.82. The molecule has 0 unspecified atom stereocenters. The van der Waals surface area contributed by atoms with Crippen LogP contribution in [0.5, 0.6) is 0 Å². The number of aryl methyl sites for hydroxylation is 1. The maximum atomic E-state index is 11.2. The molecule has 0 radical (unpaired) electrons. The molecule has 0 saturated carbocycles. The highest BCUT2D eigenvalue weighted by Gasteiger charge is 2.28. The topological polar surface area (TPSA) is 86.2 Å². The number of nitrogens with two attached hydrogens (primary N) is 1. The Labute approximate surface area is 88.6 Å². The Morgan fingerprint density at radius 1 is 1.40 bits per heavy atom. The summed E-state index contributed by atoms with van der Waals surface area (Å²) in [4.78, 5) is 4.10. The zero-order chi connectivity index (χ0) is 11.1. The van der Waals surface area contributed by atoms with Gasteiger partial charge in [-0.3, -0.25) is 0 Å². The summed E-state index contributed by atoms with van der Waals surface area (Å²) >= 11 is 0. The molecule has 0 aromatic carbocycles. The average molecular weight is 230 g/mol. The highest BCUT2D eigenvalue weighted by atomic mass is 32.2. The fraction of sp³-hybridized carbons (Fsp3) is 0.667. The van der Waals surface area contributed by atoms with Crippen LogP contribution in [0.3, 0.4) is 0 Å². The van der Waals surface area contributed by atoms with Crippen LogP contribution in [0.2, 0.25) is 0 Å². The summed E-state index contributed by atoms with van der Waals surface area (Å²) in [7, 11) is -2.82. The van der Waals surface area contributed by atoms with Crippen LogP contribution < -0.4 is 5.73 Å². The van der Waals surface area contributed by atoms with Crippen LogP contribution in [0.15, 0.2) is 4.42 Å². The summed E-state index contributed by atoms with van der Waals surface area (Å²) in [6, 6.07) is 0.163. The van der Waals surface area contributed by atoms with Gasteiger partial charge in [0, 0.05) is 5.92 Å². The zero-order valence-corrected chi connectivity index (χ0v) is 9.38. The number of aromatic nitrogens is 1. The number of nitrogen functional groups attached to an aromatic ring is 1. The van der Waals surface area contributed by atoms with E-state index in [1.165, 1.54) is 0 Å². The van der Waals surface area contributed by atoms with Gasteiger partial charge in [0.2, 0.25) is 0 Å². The van der Waals surface area contributed by atoms with E-state index in [2.05, 4.69) is 4.98 Å². The number of hydrogen-bond donors (Lipinski definition) is 1. The normalized spacial score (nSPS) is 21.7. The second-order valence-corrected chi connectivity index (χ2v) is 6.22. The molecule has 0 spiro atoms. The molecular formula is C9H14N2O3S. The SMILES string of the molecule is Cc1oc(N)nc1C1CCS(=O)(=O)CC1. The largest absolute Gasteiger partial charge is 0.429 e. The monoisotopic (exact) mass is 230 g/mol. The second-order valence-electron chi connectivity index (χ2n) is 3.92. The first kappa shape index (κ1) is 10.5. The van der Waals surface area contributed by atoms with Gasteiger partial charge in [-0.15, -0.1) is 0 Å². The molecule has 84 valence electrons. The van der Waals surface area contributed by atoms with Crippen molar-refractivity contribution in [1.82, 2.24) is 4.98 Å². The molecular weight excluding hydrogens is 216 g/mol. The molecule has 1 aliphatic heterocycles. The van der Waals surface area contributed by atoms with Crippen molar-refractivity contribution in [3.63, 3.8) is 0 Å². The maximum absolute atomic E-state index is 11.2. The van der Waals surface area contributed by atoms with E-state index in [1.807, 2.05) is 6.92 Å². The molecule has 1 aromatic heterocycles. The van der Waals surface area contributed by atoms with Crippen LogP contribution >= 0.6 is 0 Å². The van der Waals surface area contributed by atoms with Crippen LogP contribution in [0.25, 0.3) is 0 Å². The molecule has 0 atom stereocenters. The summed E-state index contributed by atoms with van der Waals surface area (Å²) in [5.74, 6) is 1.36. The van der Waals surface area contributed by atoms with Crippen molar-refractivity contribution in [2.45, 2.75) is 25.7 Å². The molecule has 2 heterocycles. The minimum absolute atomic E-state index is 0.163. The van der Waals surface area contributed by atoms with E-state index in [-0.39, 0.29) is 23.4 Å². The Balaban J connectivity index is 2.17. The minimum Gasteiger partial charge on any atom is -0.429 e. The van der Waals surface area contributed by atoms with Crippen molar-refractivity contribution in [2.75, 3.05) is 17.2 Å². The van der Waals surface area contributed by atoms with Crippen LogP contribution in [-0.2, 0) is 9.84 Å². The highest BCUT2D eigenvalue weighted by molar-refractivity contribution is 7.91. The Kier molecular flexibility index (Phi) is 2.46. The number of hydrogen-bond acceptors (Lipinski definition) is 5. The van der Waals surface area contributed by atoms with E-state index in [0.717, 1.165) is 5.69 Å². The lowest BCUT2D eigenvalue weighted by Gasteiger charge is -2.20. The molecule has 1 fully saturated rings. The van der Waals surface area contributed by atoms with Gasteiger partial charge < -0.3 is 10.2 Å². The summed E-state index contributed by atoms with van der Waals surface area (Å²) in [5.41, 5.74) is 6.27. The first-order valence-electron chi connectivity index (χ1n) is 4.91. The molecule has 0 amide bonds. The first-order chi connectivity index (χ1) is 6.98. The molecule has 1 aliphatic rings. The van der Waals surface area contributed by atoms with Crippen molar-refractivity contribution in [3.8, 4) is 0 Å². The third kappa shape index (κ3) is 2.14. The molecule has 0 bridgehead atoms. The van der Waals surface area contributed by atoms with E-state index in [4.69, 9.17) is 10.2 Å². The smallest absolute Gasteiger partial charge is 0.292 e. The lowest BCUT2D eigenvalue weighted by atomic mass is 9.98. The van der Waals surface area contributed by atoms with E-state index in [0.29, 0.717) is 18.6 Å². The highest BCUT2D eigenvalue weighted by Crippen LogP contribution is 2.31. The number of sulfone groups is 1. The zero-order valence-electron chi connectivity index (χ0n) is 8.56. The molecule has 6 heteroatoms. The van der Waals surface area contributed by atoms with Gasteiger partial charge in [0.05, 0.1) is 17.2 Å². The fourth-order valence-electron chi connectivity index (χ4n) is 1.97. The van der Waals surface area contributed by atoms with Gasteiger partial charge in [0.15, 0.2) is 0 Å². The van der Waals surface area contributed by atoms with Crippen molar-refractivity contribution in [1.29, 1.82) is 0 Å². The molecule has 1 saturated heterocycles. The lowest BCUT2D eigenvalue weighted by molar-refractivity contribution is 0.521.